The summed E-state index contributed by atoms with van der Waals surface area (Å²) >= 11 is 6.49. The molecule has 1 heterocycles. The summed E-state index contributed by atoms with van der Waals surface area (Å²) in [5.74, 6) is 0.711. The Kier molecular flexibility index (Phi) is 3.66. The van der Waals surface area contributed by atoms with Crippen LogP contribution in [-0.2, 0) is 0 Å². The van der Waals surface area contributed by atoms with E-state index in [9.17, 15) is 9.59 Å². The zero-order chi connectivity index (χ0) is 14.1. The van der Waals surface area contributed by atoms with Crippen LogP contribution in [0.2, 0.25) is 0 Å². The Bertz CT molecular complexity index is 728. The molecule has 20 heavy (non-hydrogen) atoms. The number of H-pyrrole nitrogens is 2. The van der Waals surface area contributed by atoms with Crippen LogP contribution in [-0.4, -0.2) is 9.97 Å². The number of benzene rings is 1. The largest absolute Gasteiger partial charge is 0.316 e. The van der Waals surface area contributed by atoms with Crippen molar-refractivity contribution in [2.75, 3.05) is 0 Å². The van der Waals surface area contributed by atoms with Gasteiger partial charge in [0.2, 0.25) is 0 Å². The molecule has 2 N–H and O–H groups in total. The minimum absolute atomic E-state index is 0.0436. The van der Waals surface area contributed by atoms with E-state index in [4.69, 9.17) is 11.6 Å². The van der Waals surface area contributed by atoms with Crippen molar-refractivity contribution in [3.63, 3.8) is 0 Å². The first-order valence-corrected chi connectivity index (χ1v) is 7.47. The first kappa shape index (κ1) is 13.4. The molecule has 0 saturated heterocycles. The molecule has 0 spiro atoms. The van der Waals surface area contributed by atoms with Gasteiger partial charge >= 0.3 is 11.1 Å². The van der Waals surface area contributed by atoms with Crippen LogP contribution >= 0.6 is 11.6 Å². The molecule has 1 atom stereocenters. The molecule has 4 nitrogen and oxygen atoms in total. The first-order valence-electron chi connectivity index (χ1n) is 7.04. The van der Waals surface area contributed by atoms with E-state index in [0.29, 0.717) is 17.0 Å². The van der Waals surface area contributed by atoms with Gasteiger partial charge in [0.05, 0.1) is 16.4 Å². The van der Waals surface area contributed by atoms with Crippen LogP contribution in [0.3, 0.4) is 0 Å². The molecule has 1 aromatic heterocycles. The van der Waals surface area contributed by atoms with Crippen LogP contribution < -0.4 is 11.1 Å². The quantitative estimate of drug-likeness (QED) is 0.674. The summed E-state index contributed by atoms with van der Waals surface area (Å²) in [5.41, 5.74) is 0.996. The van der Waals surface area contributed by atoms with E-state index < -0.39 is 11.1 Å². The van der Waals surface area contributed by atoms with Gasteiger partial charge in [-0.15, -0.1) is 11.6 Å². The Morgan fingerprint density at radius 2 is 1.75 bits per heavy atom. The van der Waals surface area contributed by atoms with E-state index in [1.54, 1.807) is 6.07 Å². The highest BCUT2D eigenvalue weighted by Gasteiger charge is 2.20. The summed E-state index contributed by atoms with van der Waals surface area (Å²) in [6, 6.07) is 5.58. The lowest BCUT2D eigenvalue weighted by atomic mass is 9.97. The molecule has 0 amide bonds. The zero-order valence-electron chi connectivity index (χ0n) is 11.1. The summed E-state index contributed by atoms with van der Waals surface area (Å²) in [7, 11) is 0. The van der Waals surface area contributed by atoms with Gasteiger partial charge in [0.15, 0.2) is 0 Å². The highest BCUT2D eigenvalue weighted by Crippen LogP contribution is 2.36. The fourth-order valence-corrected chi connectivity index (χ4v) is 3.39. The van der Waals surface area contributed by atoms with Gasteiger partial charge in [-0.05, 0) is 30.0 Å². The SMILES string of the molecule is O=c1[nH]c2ccc(C(Cl)CC3CCCC3)cc2[nH]c1=O. The minimum atomic E-state index is -0.628. The molecule has 1 aliphatic carbocycles. The van der Waals surface area contributed by atoms with Gasteiger partial charge in [-0.2, -0.15) is 0 Å². The second kappa shape index (κ2) is 5.44. The number of rotatable bonds is 3. The number of hydrogen-bond acceptors (Lipinski definition) is 2. The second-order valence-corrected chi connectivity index (χ2v) is 6.09. The van der Waals surface area contributed by atoms with Crippen LogP contribution in [0.4, 0.5) is 0 Å². The fourth-order valence-electron chi connectivity index (χ4n) is 3.00. The summed E-state index contributed by atoms with van der Waals surface area (Å²) < 4.78 is 0. The molecular weight excluding hydrogens is 276 g/mol. The third kappa shape index (κ3) is 2.66. The Hall–Kier alpha value is -1.55. The van der Waals surface area contributed by atoms with Crippen LogP contribution in [0.25, 0.3) is 11.0 Å². The highest BCUT2D eigenvalue weighted by molar-refractivity contribution is 6.20. The smallest absolute Gasteiger partial charge is 0.314 e. The van der Waals surface area contributed by atoms with Gasteiger partial charge in [0.1, 0.15) is 0 Å². The number of fused-ring (bicyclic) bond motifs is 1. The summed E-state index contributed by atoms with van der Waals surface area (Å²) in [4.78, 5) is 27.8. The predicted octanol–water partition coefficient (Wildman–Crippen LogP) is 3.08. The van der Waals surface area contributed by atoms with E-state index in [-0.39, 0.29) is 5.38 Å². The monoisotopic (exact) mass is 292 g/mol. The van der Waals surface area contributed by atoms with Gasteiger partial charge in [-0.25, -0.2) is 0 Å². The van der Waals surface area contributed by atoms with Gasteiger partial charge < -0.3 is 9.97 Å². The Labute approximate surface area is 121 Å². The molecule has 5 heteroatoms. The van der Waals surface area contributed by atoms with E-state index >= 15 is 0 Å². The molecule has 3 rings (SSSR count). The van der Waals surface area contributed by atoms with Crippen molar-refractivity contribution < 1.29 is 0 Å². The Balaban J connectivity index is 1.89. The van der Waals surface area contributed by atoms with Crippen molar-refractivity contribution in [2.24, 2.45) is 5.92 Å². The summed E-state index contributed by atoms with van der Waals surface area (Å²) in [6.07, 6.45) is 6.11. The second-order valence-electron chi connectivity index (χ2n) is 5.57. The van der Waals surface area contributed by atoms with E-state index in [0.717, 1.165) is 12.0 Å². The number of halogens is 1. The van der Waals surface area contributed by atoms with Crippen molar-refractivity contribution in [2.45, 2.75) is 37.5 Å². The lowest BCUT2D eigenvalue weighted by Gasteiger charge is -2.15. The van der Waals surface area contributed by atoms with E-state index in [1.807, 2.05) is 12.1 Å². The summed E-state index contributed by atoms with van der Waals surface area (Å²) in [6.45, 7) is 0. The first-order chi connectivity index (χ1) is 9.63. The Morgan fingerprint density at radius 3 is 2.45 bits per heavy atom. The highest BCUT2D eigenvalue weighted by atomic mass is 35.5. The maximum Gasteiger partial charge on any atom is 0.314 e. The van der Waals surface area contributed by atoms with Crippen molar-refractivity contribution in [3.8, 4) is 0 Å². The molecule has 1 fully saturated rings. The molecule has 106 valence electrons. The number of nitrogens with one attached hydrogen (secondary N) is 2. The number of aromatic nitrogens is 2. The van der Waals surface area contributed by atoms with E-state index in [1.165, 1.54) is 25.7 Å². The van der Waals surface area contributed by atoms with Crippen molar-refractivity contribution in [3.05, 3.63) is 44.5 Å². The standard InChI is InChI=1S/C15H17ClN2O2/c16-11(7-9-3-1-2-4-9)10-5-6-12-13(8-10)18-15(20)14(19)17-12/h5-6,8-9,11H,1-4,7H2,(H,17,19)(H,18,20). The molecule has 1 saturated carbocycles. The average molecular weight is 293 g/mol. The van der Waals surface area contributed by atoms with Crippen LogP contribution in [0.5, 0.6) is 0 Å². The number of hydrogen-bond donors (Lipinski definition) is 2. The normalized spacial score (nSPS) is 17.6. The van der Waals surface area contributed by atoms with Crippen molar-refractivity contribution >= 4 is 22.6 Å². The van der Waals surface area contributed by atoms with Gasteiger partial charge in [0, 0.05) is 0 Å². The molecule has 0 radical (unpaired) electrons. The summed E-state index contributed by atoms with van der Waals surface area (Å²) in [5, 5.41) is -0.0436. The molecule has 1 aliphatic rings. The fraction of sp³-hybridized carbons (Fsp3) is 0.467. The van der Waals surface area contributed by atoms with Gasteiger partial charge in [-0.1, -0.05) is 31.7 Å². The van der Waals surface area contributed by atoms with Crippen LogP contribution in [0, 0.1) is 5.92 Å². The van der Waals surface area contributed by atoms with Crippen LogP contribution in [0.1, 0.15) is 43.0 Å². The van der Waals surface area contributed by atoms with Gasteiger partial charge in [-0.3, -0.25) is 9.59 Å². The molecule has 0 aliphatic heterocycles. The lowest BCUT2D eigenvalue weighted by molar-refractivity contribution is 0.496. The molecular formula is C15H17ClN2O2. The van der Waals surface area contributed by atoms with E-state index in [2.05, 4.69) is 9.97 Å². The maximum absolute atomic E-state index is 11.4. The Morgan fingerprint density at radius 1 is 1.10 bits per heavy atom. The average Bonchev–Trinajstić information content (AvgIpc) is 2.92. The molecule has 1 unspecified atom stereocenters. The van der Waals surface area contributed by atoms with Gasteiger partial charge in [0.25, 0.3) is 0 Å². The lowest BCUT2D eigenvalue weighted by Crippen LogP contribution is -2.28. The maximum atomic E-state index is 11.4. The molecule has 2 aromatic rings. The van der Waals surface area contributed by atoms with Crippen molar-refractivity contribution in [1.29, 1.82) is 0 Å². The number of aromatic amines is 2. The minimum Gasteiger partial charge on any atom is -0.316 e. The number of alkyl halides is 1. The molecule has 0 bridgehead atoms. The third-order valence-corrected chi connectivity index (χ3v) is 4.55. The van der Waals surface area contributed by atoms with Crippen molar-refractivity contribution in [1.82, 2.24) is 9.97 Å². The predicted molar refractivity (Wildman–Crippen MR) is 80.4 cm³/mol. The topological polar surface area (TPSA) is 65.7 Å². The third-order valence-electron chi connectivity index (χ3n) is 4.12. The molecule has 1 aromatic carbocycles. The zero-order valence-corrected chi connectivity index (χ0v) is 11.9. The van der Waals surface area contributed by atoms with Crippen LogP contribution in [0.15, 0.2) is 27.8 Å².